The molecular weight excluding hydrogens is 152 g/mol. The van der Waals surface area contributed by atoms with Crippen LogP contribution in [0.1, 0.15) is 24.5 Å². The van der Waals surface area contributed by atoms with E-state index in [0.717, 1.165) is 18.4 Å². The number of aliphatic hydroxyl groups excluding tert-OH is 1. The van der Waals surface area contributed by atoms with Gasteiger partial charge in [0.2, 0.25) is 0 Å². The Morgan fingerprint density at radius 3 is 2.92 bits per heavy atom. The predicted molar refractivity (Wildman–Crippen MR) is 48.7 cm³/mol. The summed E-state index contributed by atoms with van der Waals surface area (Å²) >= 11 is 0. The van der Waals surface area contributed by atoms with Crippen LogP contribution in [0.25, 0.3) is 0 Å². The largest absolute Gasteiger partial charge is 0.388 e. The second-order valence-electron chi connectivity index (χ2n) is 3.06. The first-order chi connectivity index (χ1) is 5.74. The minimum atomic E-state index is -0.352. The summed E-state index contributed by atoms with van der Waals surface area (Å²) in [6.45, 7) is 0.643. The molecule has 3 N–H and O–H groups in total. The summed E-state index contributed by atoms with van der Waals surface area (Å²) in [5.74, 6) is 0. The summed E-state index contributed by atoms with van der Waals surface area (Å²) in [4.78, 5) is 0. The fraction of sp³-hybridized carbons (Fsp3) is 0.556. The van der Waals surface area contributed by atoms with Crippen molar-refractivity contribution in [1.82, 2.24) is 4.57 Å². The van der Waals surface area contributed by atoms with E-state index in [9.17, 15) is 5.11 Å². The molecule has 12 heavy (non-hydrogen) atoms. The highest BCUT2D eigenvalue weighted by Gasteiger charge is 2.06. The Labute approximate surface area is 72.8 Å². The van der Waals surface area contributed by atoms with Crippen molar-refractivity contribution in [3.63, 3.8) is 0 Å². The van der Waals surface area contributed by atoms with Crippen LogP contribution in [0.15, 0.2) is 18.5 Å². The molecule has 1 aromatic heterocycles. The zero-order chi connectivity index (χ0) is 8.97. The Hall–Kier alpha value is -0.800. The van der Waals surface area contributed by atoms with E-state index >= 15 is 0 Å². The van der Waals surface area contributed by atoms with Crippen LogP contribution in [-0.2, 0) is 7.05 Å². The summed E-state index contributed by atoms with van der Waals surface area (Å²) in [5, 5.41) is 9.60. The maximum absolute atomic E-state index is 9.60. The molecule has 0 aliphatic carbocycles. The summed E-state index contributed by atoms with van der Waals surface area (Å²) in [6, 6.07) is 1.93. The van der Waals surface area contributed by atoms with E-state index in [0.29, 0.717) is 6.54 Å². The van der Waals surface area contributed by atoms with E-state index in [1.807, 2.05) is 30.1 Å². The Bertz CT molecular complexity index is 232. The number of hydrogen-bond acceptors (Lipinski definition) is 2. The molecule has 1 atom stereocenters. The average Bonchev–Trinajstić information content (AvgIpc) is 2.47. The molecular formula is C9H16N2O. The van der Waals surface area contributed by atoms with Crippen molar-refractivity contribution in [3.8, 4) is 0 Å². The fourth-order valence-electron chi connectivity index (χ4n) is 1.20. The normalized spacial score (nSPS) is 13.2. The fourth-order valence-corrected chi connectivity index (χ4v) is 1.20. The van der Waals surface area contributed by atoms with Crippen molar-refractivity contribution in [2.45, 2.75) is 18.9 Å². The maximum Gasteiger partial charge on any atom is 0.0805 e. The molecule has 1 heterocycles. The molecule has 1 rings (SSSR count). The summed E-state index contributed by atoms with van der Waals surface area (Å²) in [7, 11) is 1.94. The quantitative estimate of drug-likeness (QED) is 0.698. The molecule has 0 spiro atoms. The average molecular weight is 168 g/mol. The first-order valence-electron chi connectivity index (χ1n) is 4.24. The Balaban J connectivity index is 2.47. The molecule has 0 aromatic carbocycles. The van der Waals surface area contributed by atoms with E-state index < -0.39 is 0 Å². The van der Waals surface area contributed by atoms with Crippen LogP contribution >= 0.6 is 0 Å². The van der Waals surface area contributed by atoms with Crippen LogP contribution in [0.2, 0.25) is 0 Å². The monoisotopic (exact) mass is 168 g/mol. The van der Waals surface area contributed by atoms with E-state index in [1.54, 1.807) is 0 Å². The first kappa shape index (κ1) is 9.29. The van der Waals surface area contributed by atoms with Gasteiger partial charge < -0.3 is 15.4 Å². The Kier molecular flexibility index (Phi) is 3.31. The van der Waals surface area contributed by atoms with Crippen LogP contribution < -0.4 is 5.73 Å². The van der Waals surface area contributed by atoms with Crippen LogP contribution in [0.5, 0.6) is 0 Å². The van der Waals surface area contributed by atoms with Crippen molar-refractivity contribution in [1.29, 1.82) is 0 Å². The summed E-state index contributed by atoms with van der Waals surface area (Å²) < 4.78 is 1.93. The third-order valence-electron chi connectivity index (χ3n) is 1.92. The third-order valence-corrected chi connectivity index (χ3v) is 1.92. The van der Waals surface area contributed by atoms with Gasteiger partial charge in [0, 0.05) is 19.4 Å². The molecule has 0 aliphatic rings. The van der Waals surface area contributed by atoms with Crippen molar-refractivity contribution in [2.24, 2.45) is 12.8 Å². The van der Waals surface area contributed by atoms with Crippen LogP contribution in [0.4, 0.5) is 0 Å². The number of hydrogen-bond donors (Lipinski definition) is 2. The number of aryl methyl sites for hydroxylation is 1. The predicted octanol–water partition coefficient (Wildman–Crippen LogP) is 0.797. The number of rotatable bonds is 4. The van der Waals surface area contributed by atoms with Gasteiger partial charge in [-0.05, 0) is 31.0 Å². The molecule has 68 valence electrons. The molecule has 0 fully saturated rings. The van der Waals surface area contributed by atoms with Gasteiger partial charge in [0.05, 0.1) is 6.10 Å². The van der Waals surface area contributed by atoms with E-state index in [-0.39, 0.29) is 6.10 Å². The van der Waals surface area contributed by atoms with Gasteiger partial charge >= 0.3 is 0 Å². The first-order valence-corrected chi connectivity index (χ1v) is 4.24. The smallest absolute Gasteiger partial charge is 0.0805 e. The van der Waals surface area contributed by atoms with E-state index in [4.69, 9.17) is 5.73 Å². The van der Waals surface area contributed by atoms with Gasteiger partial charge in [-0.2, -0.15) is 0 Å². The second-order valence-corrected chi connectivity index (χ2v) is 3.06. The lowest BCUT2D eigenvalue weighted by Crippen LogP contribution is -2.03. The SMILES string of the molecule is Cn1ccc(C(O)CCCN)c1. The Morgan fingerprint density at radius 2 is 2.42 bits per heavy atom. The number of nitrogens with zero attached hydrogens (tertiary/aromatic N) is 1. The van der Waals surface area contributed by atoms with Crippen LogP contribution in [0.3, 0.4) is 0 Å². The van der Waals surface area contributed by atoms with Gasteiger partial charge in [0.1, 0.15) is 0 Å². The summed E-state index contributed by atoms with van der Waals surface area (Å²) in [6.07, 6.45) is 5.13. The van der Waals surface area contributed by atoms with E-state index in [2.05, 4.69) is 0 Å². The molecule has 1 unspecified atom stereocenters. The minimum absolute atomic E-state index is 0.352. The third kappa shape index (κ3) is 2.36. The van der Waals surface area contributed by atoms with Crippen molar-refractivity contribution >= 4 is 0 Å². The van der Waals surface area contributed by atoms with Gasteiger partial charge in [-0.15, -0.1) is 0 Å². The van der Waals surface area contributed by atoms with Gasteiger partial charge in [-0.3, -0.25) is 0 Å². The number of aliphatic hydroxyl groups is 1. The molecule has 1 aromatic rings. The summed E-state index contributed by atoms with van der Waals surface area (Å²) in [5.41, 5.74) is 6.32. The lowest BCUT2D eigenvalue weighted by atomic mass is 10.1. The molecule has 0 saturated heterocycles. The standard InChI is InChI=1S/C9H16N2O/c1-11-6-4-8(7-11)9(12)3-2-5-10/h4,6-7,9,12H,2-3,5,10H2,1H3. The van der Waals surface area contributed by atoms with Gasteiger partial charge in [0.25, 0.3) is 0 Å². The molecule has 3 nitrogen and oxygen atoms in total. The van der Waals surface area contributed by atoms with Crippen LogP contribution in [-0.4, -0.2) is 16.2 Å². The van der Waals surface area contributed by atoms with Crippen molar-refractivity contribution < 1.29 is 5.11 Å². The highest BCUT2D eigenvalue weighted by molar-refractivity contribution is 5.12. The lowest BCUT2D eigenvalue weighted by Gasteiger charge is -2.06. The van der Waals surface area contributed by atoms with Gasteiger partial charge in [0.15, 0.2) is 0 Å². The minimum Gasteiger partial charge on any atom is -0.388 e. The van der Waals surface area contributed by atoms with Crippen LogP contribution in [0, 0.1) is 0 Å². The topological polar surface area (TPSA) is 51.2 Å². The van der Waals surface area contributed by atoms with Crippen molar-refractivity contribution in [3.05, 3.63) is 24.0 Å². The second kappa shape index (κ2) is 4.28. The molecule has 0 aliphatic heterocycles. The highest BCUT2D eigenvalue weighted by atomic mass is 16.3. The number of nitrogens with two attached hydrogens (primary N) is 1. The molecule has 0 saturated carbocycles. The highest BCUT2D eigenvalue weighted by Crippen LogP contribution is 2.17. The van der Waals surface area contributed by atoms with E-state index in [1.165, 1.54) is 0 Å². The molecule has 3 heteroatoms. The number of aromatic nitrogens is 1. The lowest BCUT2D eigenvalue weighted by molar-refractivity contribution is 0.165. The molecule has 0 amide bonds. The molecule has 0 bridgehead atoms. The van der Waals surface area contributed by atoms with Crippen molar-refractivity contribution in [2.75, 3.05) is 6.54 Å². The van der Waals surface area contributed by atoms with Gasteiger partial charge in [-0.25, -0.2) is 0 Å². The maximum atomic E-state index is 9.60. The molecule has 0 radical (unpaired) electrons. The zero-order valence-electron chi connectivity index (χ0n) is 7.40. The van der Waals surface area contributed by atoms with Gasteiger partial charge in [-0.1, -0.05) is 0 Å². The zero-order valence-corrected chi connectivity index (χ0v) is 7.40. The Morgan fingerprint density at radius 1 is 1.67 bits per heavy atom.